The average Bonchev–Trinajstić information content (AvgIpc) is 2.46. The van der Waals surface area contributed by atoms with Gasteiger partial charge in [0.15, 0.2) is 0 Å². The molecule has 0 bridgehead atoms. The summed E-state index contributed by atoms with van der Waals surface area (Å²) in [7, 11) is 1.69. The molecule has 16 heavy (non-hydrogen) atoms. The lowest BCUT2D eigenvalue weighted by Crippen LogP contribution is -2.29. The molecule has 1 heterocycles. The molecule has 1 rings (SSSR count). The van der Waals surface area contributed by atoms with Crippen LogP contribution in [0.3, 0.4) is 0 Å². The summed E-state index contributed by atoms with van der Waals surface area (Å²) in [5, 5.41) is 12.8. The summed E-state index contributed by atoms with van der Waals surface area (Å²) in [5.74, 6) is -0.986. The van der Waals surface area contributed by atoms with Crippen LogP contribution in [-0.4, -0.2) is 26.5 Å². The molecular weight excluding hydrogens is 210 g/mol. The molecule has 0 aliphatic heterocycles. The van der Waals surface area contributed by atoms with Gasteiger partial charge in [-0.25, -0.2) is 4.79 Å². The lowest BCUT2D eigenvalue weighted by Gasteiger charge is -2.19. The highest BCUT2D eigenvalue weighted by Gasteiger charge is 2.16. The van der Waals surface area contributed by atoms with Crippen LogP contribution in [0.5, 0.6) is 0 Å². The molecule has 6 nitrogen and oxygen atoms in total. The highest BCUT2D eigenvalue weighted by molar-refractivity contribution is 5.88. The zero-order valence-corrected chi connectivity index (χ0v) is 9.94. The molecular formula is C10H17N3O3. The maximum absolute atomic E-state index is 10.9. The van der Waals surface area contributed by atoms with Crippen molar-refractivity contribution in [2.75, 3.05) is 0 Å². The molecule has 6 heteroatoms. The van der Waals surface area contributed by atoms with Gasteiger partial charge in [-0.15, -0.1) is 0 Å². The second-order valence-electron chi connectivity index (χ2n) is 4.47. The van der Waals surface area contributed by atoms with E-state index in [2.05, 4.69) is 10.6 Å². The van der Waals surface area contributed by atoms with Gasteiger partial charge < -0.3 is 5.11 Å². The second kappa shape index (κ2) is 4.63. The molecule has 0 aromatic carbocycles. The van der Waals surface area contributed by atoms with Crippen LogP contribution in [0.4, 0.5) is 0 Å². The number of hydrogen-bond donors (Lipinski definition) is 2. The normalized spacial score (nSPS) is 11.8. The van der Waals surface area contributed by atoms with Crippen LogP contribution in [0.25, 0.3) is 0 Å². The number of nitrogens with one attached hydrogen (secondary N) is 1. The first-order chi connectivity index (χ1) is 7.31. The SMILES string of the molecule is Cn1ncc(C(=O)O)c1CNOC(C)(C)C. The fourth-order valence-electron chi connectivity index (χ4n) is 1.17. The highest BCUT2D eigenvalue weighted by Crippen LogP contribution is 2.09. The van der Waals surface area contributed by atoms with Crippen molar-refractivity contribution in [1.29, 1.82) is 0 Å². The number of hydrogen-bond acceptors (Lipinski definition) is 4. The standard InChI is InChI=1S/C10H17N3O3/c1-10(2,3)16-12-6-8-7(9(14)15)5-11-13(8)4/h5,12H,6H2,1-4H3,(H,14,15). The summed E-state index contributed by atoms with van der Waals surface area (Å²) in [6.07, 6.45) is 1.33. The van der Waals surface area contributed by atoms with Gasteiger partial charge in [0.05, 0.1) is 24.0 Å². The molecule has 0 radical (unpaired) electrons. The zero-order valence-electron chi connectivity index (χ0n) is 9.94. The minimum atomic E-state index is -0.986. The highest BCUT2D eigenvalue weighted by atomic mass is 16.7. The van der Waals surface area contributed by atoms with E-state index in [-0.39, 0.29) is 11.2 Å². The van der Waals surface area contributed by atoms with Crippen molar-refractivity contribution in [3.8, 4) is 0 Å². The first-order valence-corrected chi connectivity index (χ1v) is 4.96. The summed E-state index contributed by atoms with van der Waals surface area (Å²) in [5.41, 5.74) is 3.19. The Bertz CT molecular complexity index is 379. The monoisotopic (exact) mass is 227 g/mol. The molecule has 0 atom stereocenters. The maximum Gasteiger partial charge on any atom is 0.339 e. The van der Waals surface area contributed by atoms with Crippen LogP contribution in [0.2, 0.25) is 0 Å². The molecule has 90 valence electrons. The molecule has 0 saturated heterocycles. The Morgan fingerprint density at radius 1 is 1.62 bits per heavy atom. The fourth-order valence-corrected chi connectivity index (χ4v) is 1.17. The number of carboxylic acids is 1. The van der Waals surface area contributed by atoms with Gasteiger partial charge in [0.1, 0.15) is 5.56 Å². The quantitative estimate of drug-likeness (QED) is 0.748. The molecule has 0 aliphatic rings. The predicted molar refractivity (Wildman–Crippen MR) is 57.8 cm³/mol. The van der Waals surface area contributed by atoms with Gasteiger partial charge in [-0.1, -0.05) is 0 Å². The van der Waals surface area contributed by atoms with E-state index in [0.29, 0.717) is 12.2 Å². The molecule has 0 fully saturated rings. The van der Waals surface area contributed by atoms with E-state index in [9.17, 15) is 4.79 Å². The largest absolute Gasteiger partial charge is 0.478 e. The third kappa shape index (κ3) is 3.32. The number of carbonyl (C=O) groups is 1. The predicted octanol–water partition coefficient (Wildman–Crippen LogP) is 0.938. The topological polar surface area (TPSA) is 76.4 Å². The minimum absolute atomic E-state index is 0.188. The summed E-state index contributed by atoms with van der Waals surface area (Å²) in [4.78, 5) is 16.2. The van der Waals surface area contributed by atoms with E-state index in [0.717, 1.165) is 0 Å². The molecule has 2 N–H and O–H groups in total. The van der Waals surface area contributed by atoms with E-state index in [1.807, 2.05) is 20.8 Å². The van der Waals surface area contributed by atoms with Crippen molar-refractivity contribution in [3.63, 3.8) is 0 Å². The summed E-state index contributed by atoms with van der Waals surface area (Å²) in [6.45, 7) is 6.01. The van der Waals surface area contributed by atoms with Gasteiger partial charge in [-0.3, -0.25) is 9.52 Å². The lowest BCUT2D eigenvalue weighted by atomic mass is 10.2. The molecule has 1 aromatic heterocycles. The van der Waals surface area contributed by atoms with Gasteiger partial charge in [-0.05, 0) is 20.8 Å². The van der Waals surface area contributed by atoms with Gasteiger partial charge in [0.25, 0.3) is 0 Å². The first kappa shape index (κ1) is 12.7. The van der Waals surface area contributed by atoms with E-state index in [1.54, 1.807) is 7.05 Å². The van der Waals surface area contributed by atoms with Crippen molar-refractivity contribution in [2.24, 2.45) is 7.05 Å². The Morgan fingerprint density at radius 2 is 2.25 bits per heavy atom. The number of hydroxylamine groups is 1. The van der Waals surface area contributed by atoms with E-state index >= 15 is 0 Å². The third-order valence-electron chi connectivity index (χ3n) is 1.91. The maximum atomic E-state index is 10.9. The average molecular weight is 227 g/mol. The van der Waals surface area contributed by atoms with Crippen molar-refractivity contribution in [3.05, 3.63) is 17.5 Å². The van der Waals surface area contributed by atoms with E-state index < -0.39 is 5.97 Å². The minimum Gasteiger partial charge on any atom is -0.478 e. The van der Waals surface area contributed by atoms with Crippen molar-refractivity contribution < 1.29 is 14.7 Å². The Labute approximate surface area is 94.2 Å². The molecule has 0 aliphatic carbocycles. The molecule has 0 saturated carbocycles. The van der Waals surface area contributed by atoms with Crippen molar-refractivity contribution in [2.45, 2.75) is 32.9 Å². The number of rotatable bonds is 4. The molecule has 0 unspecified atom stereocenters. The van der Waals surface area contributed by atoms with Crippen molar-refractivity contribution in [1.82, 2.24) is 15.3 Å². The van der Waals surface area contributed by atoms with E-state index in [1.165, 1.54) is 10.9 Å². The number of aryl methyl sites for hydroxylation is 1. The molecule has 0 amide bonds. The Hall–Kier alpha value is -1.40. The summed E-state index contributed by atoms with van der Waals surface area (Å²) < 4.78 is 1.52. The zero-order chi connectivity index (χ0) is 12.3. The van der Waals surface area contributed by atoms with Crippen LogP contribution in [0.15, 0.2) is 6.20 Å². The number of nitrogens with zero attached hydrogens (tertiary/aromatic N) is 2. The summed E-state index contributed by atoms with van der Waals surface area (Å²) in [6, 6.07) is 0. The molecule has 0 spiro atoms. The Kier molecular flexibility index (Phi) is 3.66. The Morgan fingerprint density at radius 3 is 2.75 bits per heavy atom. The van der Waals surface area contributed by atoms with E-state index in [4.69, 9.17) is 9.94 Å². The van der Waals surface area contributed by atoms with Gasteiger partial charge in [0.2, 0.25) is 0 Å². The van der Waals surface area contributed by atoms with Gasteiger partial charge in [-0.2, -0.15) is 10.6 Å². The number of aromatic nitrogens is 2. The first-order valence-electron chi connectivity index (χ1n) is 4.96. The fraction of sp³-hybridized carbons (Fsp3) is 0.600. The Balaban J connectivity index is 2.66. The number of carboxylic acid groups (broad SMARTS) is 1. The second-order valence-corrected chi connectivity index (χ2v) is 4.47. The van der Waals surface area contributed by atoms with Gasteiger partial charge in [0, 0.05) is 7.05 Å². The summed E-state index contributed by atoms with van der Waals surface area (Å²) >= 11 is 0. The van der Waals surface area contributed by atoms with Gasteiger partial charge >= 0.3 is 5.97 Å². The smallest absolute Gasteiger partial charge is 0.339 e. The number of aromatic carboxylic acids is 1. The van der Waals surface area contributed by atoms with Crippen LogP contribution < -0.4 is 5.48 Å². The van der Waals surface area contributed by atoms with Crippen LogP contribution in [0, 0.1) is 0 Å². The van der Waals surface area contributed by atoms with Crippen molar-refractivity contribution >= 4 is 5.97 Å². The van der Waals surface area contributed by atoms with Crippen LogP contribution >= 0.6 is 0 Å². The van der Waals surface area contributed by atoms with Crippen LogP contribution in [0.1, 0.15) is 36.8 Å². The van der Waals surface area contributed by atoms with Crippen LogP contribution in [-0.2, 0) is 18.4 Å². The lowest BCUT2D eigenvalue weighted by molar-refractivity contribution is -0.0765. The third-order valence-corrected chi connectivity index (χ3v) is 1.91. The molecule has 1 aromatic rings.